The number of hydrogen-bond acceptors (Lipinski definition) is 1. The highest BCUT2D eigenvalue weighted by Crippen LogP contribution is 2.16. The highest BCUT2D eigenvalue weighted by molar-refractivity contribution is 5.26. The zero-order valence-corrected chi connectivity index (χ0v) is 8.76. The lowest BCUT2D eigenvalue weighted by molar-refractivity contribution is 0.585. The molecule has 0 radical (unpaired) electrons. The quantitative estimate of drug-likeness (QED) is 0.711. The van der Waals surface area contributed by atoms with E-state index in [4.69, 9.17) is 5.73 Å². The highest BCUT2D eigenvalue weighted by Gasteiger charge is 2.07. The van der Waals surface area contributed by atoms with Crippen molar-refractivity contribution in [2.45, 2.75) is 33.7 Å². The molecule has 0 amide bonds. The van der Waals surface area contributed by atoms with Gasteiger partial charge in [0.25, 0.3) is 0 Å². The van der Waals surface area contributed by atoms with Gasteiger partial charge in [-0.1, -0.05) is 32.0 Å². The first-order valence-corrected chi connectivity index (χ1v) is 4.63. The van der Waals surface area contributed by atoms with Crippen LogP contribution in [0.25, 0.3) is 0 Å². The van der Waals surface area contributed by atoms with Crippen LogP contribution in [0.4, 0.5) is 4.39 Å². The van der Waals surface area contributed by atoms with E-state index >= 15 is 0 Å². The lowest BCUT2D eigenvalue weighted by Crippen LogP contribution is -2.07. The van der Waals surface area contributed by atoms with Gasteiger partial charge >= 0.3 is 0 Å². The number of rotatable bonds is 1. The topological polar surface area (TPSA) is 26.0 Å². The average Bonchev–Trinajstić information content (AvgIpc) is 2.13. The van der Waals surface area contributed by atoms with Crippen molar-refractivity contribution in [3.8, 4) is 0 Å². The lowest BCUT2D eigenvalue weighted by Gasteiger charge is -2.07. The number of hydrogen-bond donors (Lipinski definition) is 1. The first-order chi connectivity index (χ1) is 6.13. The van der Waals surface area contributed by atoms with E-state index in [2.05, 4.69) is 0 Å². The summed E-state index contributed by atoms with van der Waals surface area (Å²) in [7, 11) is 0. The van der Waals surface area contributed by atoms with Gasteiger partial charge in [-0.2, -0.15) is 0 Å². The first-order valence-electron chi connectivity index (χ1n) is 4.63. The summed E-state index contributed by atoms with van der Waals surface area (Å²) < 4.78 is 13.2. The molecule has 13 heavy (non-hydrogen) atoms. The third kappa shape index (κ3) is 3.15. The molecule has 0 fully saturated rings. The maximum atomic E-state index is 13.2. The van der Waals surface area contributed by atoms with Gasteiger partial charge in [0.15, 0.2) is 0 Å². The van der Waals surface area contributed by atoms with E-state index in [1.807, 2.05) is 19.9 Å². The maximum absolute atomic E-state index is 13.2. The predicted octanol–water partition coefficient (Wildman–Crippen LogP) is 3.18. The zero-order valence-electron chi connectivity index (χ0n) is 8.76. The summed E-state index contributed by atoms with van der Waals surface area (Å²) in [5, 5.41) is 0. The lowest BCUT2D eigenvalue weighted by atomic mass is 10.1. The number of halogens is 1. The Morgan fingerprint density at radius 2 is 1.85 bits per heavy atom. The third-order valence-electron chi connectivity index (χ3n) is 1.71. The Bertz CT molecular complexity index is 256. The Balaban J connectivity index is 0.000000671. The molecule has 1 nitrogen and oxygen atoms in total. The summed E-state index contributed by atoms with van der Waals surface area (Å²) in [6, 6.07) is 5.04. The zero-order chi connectivity index (χ0) is 10.4. The van der Waals surface area contributed by atoms with E-state index in [-0.39, 0.29) is 11.9 Å². The van der Waals surface area contributed by atoms with Crippen LogP contribution in [0.2, 0.25) is 0 Å². The van der Waals surface area contributed by atoms with Crippen LogP contribution in [0.3, 0.4) is 0 Å². The molecule has 1 rings (SSSR count). The summed E-state index contributed by atoms with van der Waals surface area (Å²) >= 11 is 0. The van der Waals surface area contributed by atoms with Gasteiger partial charge in [0.05, 0.1) is 0 Å². The fourth-order valence-electron chi connectivity index (χ4n) is 1.02. The number of aryl methyl sites for hydroxylation is 1. The van der Waals surface area contributed by atoms with Crippen LogP contribution < -0.4 is 5.73 Å². The average molecular weight is 183 g/mol. The number of benzene rings is 1. The molecule has 74 valence electrons. The minimum atomic E-state index is -0.227. The van der Waals surface area contributed by atoms with Crippen molar-refractivity contribution in [2.24, 2.45) is 5.73 Å². The molecule has 0 aromatic heterocycles. The SMILES string of the molecule is CC.Cc1cccc([C@@H](C)N)c1F. The Labute approximate surface area is 79.8 Å². The van der Waals surface area contributed by atoms with Crippen molar-refractivity contribution in [1.29, 1.82) is 0 Å². The van der Waals surface area contributed by atoms with Crippen molar-refractivity contribution in [3.05, 3.63) is 35.1 Å². The molecule has 0 saturated heterocycles. The van der Waals surface area contributed by atoms with Crippen molar-refractivity contribution >= 4 is 0 Å². The second-order valence-corrected chi connectivity index (χ2v) is 2.77. The van der Waals surface area contributed by atoms with Crippen LogP contribution in [0.5, 0.6) is 0 Å². The van der Waals surface area contributed by atoms with Crippen LogP contribution in [0, 0.1) is 12.7 Å². The third-order valence-corrected chi connectivity index (χ3v) is 1.71. The Hall–Kier alpha value is -0.890. The van der Waals surface area contributed by atoms with Crippen molar-refractivity contribution < 1.29 is 4.39 Å². The Morgan fingerprint density at radius 1 is 1.31 bits per heavy atom. The molecule has 0 aliphatic rings. The minimum absolute atomic E-state index is 0.178. The van der Waals surface area contributed by atoms with E-state index in [9.17, 15) is 4.39 Å². The number of nitrogens with two attached hydrogens (primary N) is 1. The van der Waals surface area contributed by atoms with Gasteiger partial charge in [0.1, 0.15) is 5.82 Å². The molecule has 1 aromatic rings. The van der Waals surface area contributed by atoms with Gasteiger partial charge in [-0.15, -0.1) is 0 Å². The van der Waals surface area contributed by atoms with Crippen molar-refractivity contribution in [3.63, 3.8) is 0 Å². The summed E-state index contributed by atoms with van der Waals surface area (Å²) in [5.74, 6) is -0.178. The van der Waals surface area contributed by atoms with Crippen molar-refractivity contribution in [2.75, 3.05) is 0 Å². The van der Waals surface area contributed by atoms with Crippen molar-refractivity contribution in [1.82, 2.24) is 0 Å². The monoisotopic (exact) mass is 183 g/mol. The van der Waals surface area contributed by atoms with E-state index < -0.39 is 0 Å². The summed E-state index contributed by atoms with van der Waals surface area (Å²) in [6.45, 7) is 7.51. The Kier molecular flexibility index (Phi) is 5.31. The molecule has 2 N–H and O–H groups in total. The molecular formula is C11H18FN. The fraction of sp³-hybridized carbons (Fsp3) is 0.455. The molecule has 0 heterocycles. The Morgan fingerprint density at radius 3 is 2.23 bits per heavy atom. The normalized spacial score (nSPS) is 11.5. The van der Waals surface area contributed by atoms with E-state index in [1.54, 1.807) is 26.0 Å². The molecule has 0 bridgehead atoms. The van der Waals surface area contributed by atoms with E-state index in [1.165, 1.54) is 0 Å². The molecule has 0 unspecified atom stereocenters. The van der Waals surface area contributed by atoms with Gasteiger partial charge in [-0.05, 0) is 19.4 Å². The molecule has 1 aromatic carbocycles. The van der Waals surface area contributed by atoms with Gasteiger partial charge in [0, 0.05) is 11.6 Å². The van der Waals surface area contributed by atoms with Crippen LogP contribution in [0.1, 0.15) is 37.9 Å². The summed E-state index contributed by atoms with van der Waals surface area (Å²) in [4.78, 5) is 0. The maximum Gasteiger partial charge on any atom is 0.130 e. The molecular weight excluding hydrogens is 165 g/mol. The molecule has 0 aliphatic heterocycles. The second-order valence-electron chi connectivity index (χ2n) is 2.77. The first kappa shape index (κ1) is 12.1. The van der Waals surface area contributed by atoms with Crippen LogP contribution in [-0.4, -0.2) is 0 Å². The van der Waals surface area contributed by atoms with Gasteiger partial charge in [-0.25, -0.2) is 4.39 Å². The molecule has 2 heteroatoms. The van der Waals surface area contributed by atoms with Crippen LogP contribution >= 0.6 is 0 Å². The van der Waals surface area contributed by atoms with Gasteiger partial charge < -0.3 is 5.73 Å². The molecule has 0 saturated carbocycles. The largest absolute Gasteiger partial charge is 0.324 e. The van der Waals surface area contributed by atoms with E-state index in [0.717, 1.165) is 0 Å². The standard InChI is InChI=1S/C9H12FN.C2H6/c1-6-4-3-5-8(7(2)11)9(6)10;1-2/h3-5,7H,11H2,1-2H3;1-2H3/t7-;/m1./s1. The predicted molar refractivity (Wildman–Crippen MR) is 55.1 cm³/mol. The summed E-state index contributed by atoms with van der Waals surface area (Å²) in [5.41, 5.74) is 6.78. The summed E-state index contributed by atoms with van der Waals surface area (Å²) in [6.07, 6.45) is 0. The van der Waals surface area contributed by atoms with E-state index in [0.29, 0.717) is 11.1 Å². The van der Waals surface area contributed by atoms with Gasteiger partial charge in [-0.3, -0.25) is 0 Å². The van der Waals surface area contributed by atoms with Gasteiger partial charge in [0.2, 0.25) is 0 Å². The minimum Gasteiger partial charge on any atom is -0.324 e. The molecule has 0 spiro atoms. The highest BCUT2D eigenvalue weighted by atomic mass is 19.1. The van der Waals surface area contributed by atoms with Crippen LogP contribution in [-0.2, 0) is 0 Å². The van der Waals surface area contributed by atoms with Crippen LogP contribution in [0.15, 0.2) is 18.2 Å². The fourth-order valence-corrected chi connectivity index (χ4v) is 1.02. The second kappa shape index (κ2) is 5.70. The molecule has 1 atom stereocenters. The smallest absolute Gasteiger partial charge is 0.130 e. The molecule has 0 aliphatic carbocycles.